The van der Waals surface area contributed by atoms with Crippen LogP contribution in [0.4, 0.5) is 4.79 Å². The third-order valence-corrected chi connectivity index (χ3v) is 5.78. The minimum absolute atomic E-state index is 0.0000133. The lowest BCUT2D eigenvalue weighted by Crippen LogP contribution is -2.55. The van der Waals surface area contributed by atoms with Gasteiger partial charge in [-0.2, -0.15) is 0 Å². The Morgan fingerprint density at radius 3 is 2.31 bits per heavy atom. The first-order chi connectivity index (χ1) is 12.4. The van der Waals surface area contributed by atoms with Crippen LogP contribution in [-0.4, -0.2) is 53.8 Å². The molecule has 2 saturated heterocycles. The highest BCUT2D eigenvalue weighted by Gasteiger charge is 2.52. The van der Waals surface area contributed by atoms with E-state index in [4.69, 9.17) is 14.2 Å². The smallest absolute Gasteiger partial charge is 0.410 e. The molecule has 2 atom stereocenters. The van der Waals surface area contributed by atoms with E-state index in [9.17, 15) is 9.90 Å². The number of methoxy groups -OCH3 is 2. The van der Waals surface area contributed by atoms with Gasteiger partial charge in [0.2, 0.25) is 0 Å². The quantitative estimate of drug-likeness (QED) is 0.787. The van der Waals surface area contributed by atoms with Crippen LogP contribution in [0.3, 0.4) is 0 Å². The number of carbonyl (C=O) groups is 1. The largest absolute Gasteiger partial charge is 0.445 e. The van der Waals surface area contributed by atoms with Gasteiger partial charge in [-0.1, -0.05) is 30.3 Å². The summed E-state index contributed by atoms with van der Waals surface area (Å²) in [5.41, 5.74) is 0.0701. The van der Waals surface area contributed by atoms with Crippen molar-refractivity contribution in [1.82, 2.24) is 4.90 Å². The molecule has 3 rings (SSSR count). The molecule has 0 aromatic heterocycles. The first kappa shape index (κ1) is 19.1. The summed E-state index contributed by atoms with van der Waals surface area (Å²) in [6, 6.07) is 9.66. The summed E-state index contributed by atoms with van der Waals surface area (Å²) in [6.07, 6.45) is 2.92. The van der Waals surface area contributed by atoms with E-state index in [1.165, 1.54) is 0 Å². The lowest BCUT2D eigenvalue weighted by atomic mass is 9.81. The summed E-state index contributed by atoms with van der Waals surface area (Å²) in [6.45, 7) is 2.10. The number of carbonyl (C=O) groups excluding carboxylic acids is 1. The SMILES string of the molecule is COC(C)(CC1(O)CC2CCC(C1)N2C(=O)OCc1ccccc1)OC. The van der Waals surface area contributed by atoms with Gasteiger partial charge in [0, 0.05) is 32.7 Å². The van der Waals surface area contributed by atoms with Gasteiger partial charge < -0.3 is 24.2 Å². The van der Waals surface area contributed by atoms with Crippen molar-refractivity contribution in [2.75, 3.05) is 14.2 Å². The molecule has 26 heavy (non-hydrogen) atoms. The summed E-state index contributed by atoms with van der Waals surface area (Å²) in [4.78, 5) is 14.4. The molecule has 1 aromatic carbocycles. The summed E-state index contributed by atoms with van der Waals surface area (Å²) in [5.74, 6) is -0.829. The number of aliphatic hydroxyl groups is 1. The zero-order valence-electron chi connectivity index (χ0n) is 15.8. The molecule has 1 amide bonds. The van der Waals surface area contributed by atoms with Crippen LogP contribution in [0.5, 0.6) is 0 Å². The molecule has 144 valence electrons. The maximum atomic E-state index is 12.6. The number of hydrogen-bond acceptors (Lipinski definition) is 5. The van der Waals surface area contributed by atoms with Gasteiger partial charge in [-0.3, -0.25) is 0 Å². The summed E-state index contributed by atoms with van der Waals surface area (Å²) in [5, 5.41) is 11.1. The molecule has 6 nitrogen and oxygen atoms in total. The lowest BCUT2D eigenvalue weighted by Gasteiger charge is -2.45. The minimum Gasteiger partial charge on any atom is -0.445 e. The van der Waals surface area contributed by atoms with Gasteiger partial charge in [0.25, 0.3) is 0 Å². The molecule has 0 radical (unpaired) electrons. The van der Waals surface area contributed by atoms with E-state index in [1.54, 1.807) is 14.2 Å². The Morgan fingerprint density at radius 1 is 1.19 bits per heavy atom. The van der Waals surface area contributed by atoms with Crippen LogP contribution in [-0.2, 0) is 20.8 Å². The van der Waals surface area contributed by atoms with E-state index in [1.807, 2.05) is 42.2 Å². The van der Waals surface area contributed by atoms with Crippen LogP contribution in [0, 0.1) is 0 Å². The molecule has 2 aliphatic heterocycles. The Hall–Kier alpha value is -1.63. The van der Waals surface area contributed by atoms with Crippen molar-refractivity contribution in [3.8, 4) is 0 Å². The van der Waals surface area contributed by atoms with Crippen LogP contribution in [0.2, 0.25) is 0 Å². The number of rotatable bonds is 6. The molecule has 0 spiro atoms. The van der Waals surface area contributed by atoms with Gasteiger partial charge in [0.1, 0.15) is 6.61 Å². The second-order valence-electron chi connectivity index (χ2n) is 7.68. The fraction of sp³-hybridized carbons (Fsp3) is 0.650. The first-order valence-corrected chi connectivity index (χ1v) is 9.20. The fourth-order valence-corrected chi connectivity index (χ4v) is 4.38. The molecule has 2 unspecified atom stereocenters. The molecular weight excluding hydrogens is 334 g/mol. The second kappa shape index (κ2) is 7.55. The molecule has 0 saturated carbocycles. The highest BCUT2D eigenvalue weighted by atomic mass is 16.7. The Labute approximate surface area is 155 Å². The third kappa shape index (κ3) is 4.03. The molecule has 1 aromatic rings. The predicted octanol–water partition coefficient (Wildman–Crippen LogP) is 3.08. The van der Waals surface area contributed by atoms with Crippen molar-refractivity contribution in [2.45, 2.75) is 69.1 Å². The van der Waals surface area contributed by atoms with Gasteiger partial charge in [0.05, 0.1) is 5.60 Å². The maximum Gasteiger partial charge on any atom is 0.410 e. The van der Waals surface area contributed by atoms with Gasteiger partial charge in [-0.15, -0.1) is 0 Å². The Balaban J connectivity index is 1.62. The third-order valence-electron chi connectivity index (χ3n) is 5.78. The monoisotopic (exact) mass is 363 g/mol. The summed E-state index contributed by atoms with van der Waals surface area (Å²) >= 11 is 0. The molecule has 2 heterocycles. The number of ether oxygens (including phenoxy) is 3. The van der Waals surface area contributed by atoms with E-state index >= 15 is 0 Å². The predicted molar refractivity (Wildman–Crippen MR) is 96.5 cm³/mol. The van der Waals surface area contributed by atoms with E-state index in [0.29, 0.717) is 19.3 Å². The zero-order chi connectivity index (χ0) is 18.8. The molecular formula is C20H29NO5. The van der Waals surface area contributed by atoms with Crippen LogP contribution in [0.1, 0.15) is 44.6 Å². The lowest BCUT2D eigenvalue weighted by molar-refractivity contribution is -0.230. The Kier molecular flexibility index (Phi) is 5.55. The average Bonchev–Trinajstić information content (AvgIpc) is 2.93. The minimum atomic E-state index is -0.900. The van der Waals surface area contributed by atoms with Gasteiger partial charge in [-0.25, -0.2) is 4.79 Å². The van der Waals surface area contributed by atoms with Crippen molar-refractivity contribution in [3.63, 3.8) is 0 Å². The fourth-order valence-electron chi connectivity index (χ4n) is 4.38. The van der Waals surface area contributed by atoms with E-state index in [-0.39, 0.29) is 24.8 Å². The van der Waals surface area contributed by atoms with Crippen LogP contribution in [0.15, 0.2) is 30.3 Å². The van der Waals surface area contributed by atoms with Crippen molar-refractivity contribution in [1.29, 1.82) is 0 Å². The number of hydrogen-bond donors (Lipinski definition) is 1. The van der Waals surface area contributed by atoms with Crippen molar-refractivity contribution in [2.24, 2.45) is 0 Å². The second-order valence-corrected chi connectivity index (χ2v) is 7.68. The summed E-state index contributed by atoms with van der Waals surface area (Å²) in [7, 11) is 3.16. The topological polar surface area (TPSA) is 68.2 Å². The molecule has 2 fully saturated rings. The van der Waals surface area contributed by atoms with E-state index in [2.05, 4.69) is 0 Å². The van der Waals surface area contributed by atoms with Crippen LogP contribution >= 0.6 is 0 Å². The van der Waals surface area contributed by atoms with E-state index < -0.39 is 11.4 Å². The molecule has 2 bridgehead atoms. The Morgan fingerprint density at radius 2 is 1.77 bits per heavy atom. The standard InChI is InChI=1S/C20H29NO5/c1-19(24-2,25-3)14-20(23)11-16-9-10-17(12-20)21(16)18(22)26-13-15-7-5-4-6-8-15/h4-8,16-17,23H,9-14H2,1-3H3. The van der Waals surface area contributed by atoms with Gasteiger partial charge in [0.15, 0.2) is 5.79 Å². The van der Waals surface area contributed by atoms with Crippen molar-refractivity contribution in [3.05, 3.63) is 35.9 Å². The van der Waals surface area contributed by atoms with Crippen LogP contribution < -0.4 is 0 Å². The maximum absolute atomic E-state index is 12.6. The molecule has 6 heteroatoms. The Bertz CT molecular complexity index is 602. The molecule has 0 aliphatic carbocycles. The summed E-state index contributed by atoms with van der Waals surface area (Å²) < 4.78 is 16.4. The molecule has 1 N–H and O–H groups in total. The number of nitrogens with zero attached hydrogens (tertiary/aromatic N) is 1. The molecule has 2 aliphatic rings. The van der Waals surface area contributed by atoms with Gasteiger partial charge >= 0.3 is 6.09 Å². The normalized spacial score (nSPS) is 28.2. The number of fused-ring (bicyclic) bond motifs is 2. The number of benzene rings is 1. The van der Waals surface area contributed by atoms with E-state index in [0.717, 1.165) is 18.4 Å². The number of amides is 1. The average molecular weight is 363 g/mol. The first-order valence-electron chi connectivity index (χ1n) is 9.20. The highest BCUT2D eigenvalue weighted by Crippen LogP contribution is 2.44. The van der Waals surface area contributed by atoms with Crippen molar-refractivity contribution >= 4 is 6.09 Å². The van der Waals surface area contributed by atoms with Crippen LogP contribution in [0.25, 0.3) is 0 Å². The zero-order valence-corrected chi connectivity index (χ0v) is 15.8. The van der Waals surface area contributed by atoms with Crippen molar-refractivity contribution < 1.29 is 24.1 Å². The van der Waals surface area contributed by atoms with Gasteiger partial charge in [-0.05, 0) is 38.2 Å². The highest BCUT2D eigenvalue weighted by molar-refractivity contribution is 5.69. The number of piperidine rings is 1.